The highest BCUT2D eigenvalue weighted by atomic mass is 19.4. The minimum atomic E-state index is -4.60. The number of aryl methyl sites for hydroxylation is 1. The zero-order chi connectivity index (χ0) is 22.3. The van der Waals surface area contributed by atoms with Crippen molar-refractivity contribution in [1.29, 1.82) is 0 Å². The lowest BCUT2D eigenvalue weighted by atomic mass is 10.2. The van der Waals surface area contributed by atoms with E-state index in [1.54, 1.807) is 19.1 Å². The number of nitro groups is 1. The molecule has 0 bridgehead atoms. The van der Waals surface area contributed by atoms with E-state index in [0.29, 0.717) is 19.4 Å². The van der Waals surface area contributed by atoms with Crippen LogP contribution in [0.15, 0.2) is 30.5 Å². The summed E-state index contributed by atoms with van der Waals surface area (Å²) in [7, 11) is 0. The lowest BCUT2D eigenvalue weighted by Crippen LogP contribution is -2.33. The Labute approximate surface area is 169 Å². The van der Waals surface area contributed by atoms with Crippen molar-refractivity contribution in [2.75, 3.05) is 6.61 Å². The number of aromatic nitrogens is 2. The number of carbonyl (C=O) groups is 1. The van der Waals surface area contributed by atoms with Crippen LogP contribution < -0.4 is 9.47 Å². The van der Waals surface area contributed by atoms with E-state index >= 15 is 0 Å². The van der Waals surface area contributed by atoms with Gasteiger partial charge in [-0.25, -0.2) is 0 Å². The smallest absolute Gasteiger partial charge is 0.457 e. The Hall–Kier alpha value is -3.31. The number of imidazole rings is 1. The predicted molar refractivity (Wildman–Crippen MR) is 97.0 cm³/mol. The first-order valence-electron chi connectivity index (χ1n) is 8.93. The number of fused-ring (bicyclic) bond motifs is 1. The number of nitrogens with zero attached hydrogens (tertiary/aromatic N) is 3. The molecule has 0 saturated heterocycles. The highest BCUT2D eigenvalue weighted by Crippen LogP contribution is 2.23. The van der Waals surface area contributed by atoms with Crippen molar-refractivity contribution in [1.82, 2.24) is 9.55 Å². The van der Waals surface area contributed by atoms with Crippen LogP contribution in [-0.2, 0) is 16.1 Å². The van der Waals surface area contributed by atoms with E-state index in [9.17, 15) is 28.1 Å². The van der Waals surface area contributed by atoms with E-state index in [2.05, 4.69) is 9.72 Å². The fraction of sp³-hybridized carbons (Fsp3) is 0.444. The van der Waals surface area contributed by atoms with Crippen LogP contribution in [0.3, 0.4) is 0 Å². The summed E-state index contributed by atoms with van der Waals surface area (Å²) in [5.74, 6) is -0.747. The molecule has 1 aromatic heterocycles. The third-order valence-electron chi connectivity index (χ3n) is 3.72. The fourth-order valence-electron chi connectivity index (χ4n) is 2.42. The van der Waals surface area contributed by atoms with Gasteiger partial charge in [0.2, 0.25) is 0 Å². The highest BCUT2D eigenvalue weighted by Gasteiger charge is 2.31. The van der Waals surface area contributed by atoms with Crippen molar-refractivity contribution >= 4 is 11.8 Å². The van der Waals surface area contributed by atoms with Crippen molar-refractivity contribution in [3.63, 3.8) is 0 Å². The number of esters is 1. The van der Waals surface area contributed by atoms with Gasteiger partial charge in [0.1, 0.15) is 18.6 Å². The van der Waals surface area contributed by atoms with Gasteiger partial charge in [0.15, 0.2) is 6.10 Å². The Balaban J connectivity index is 0.000000232. The Morgan fingerprint density at radius 1 is 1.37 bits per heavy atom. The van der Waals surface area contributed by atoms with Gasteiger partial charge in [-0.2, -0.15) is 0 Å². The molecule has 0 fully saturated rings. The van der Waals surface area contributed by atoms with Gasteiger partial charge < -0.3 is 24.3 Å². The molecule has 30 heavy (non-hydrogen) atoms. The van der Waals surface area contributed by atoms with Crippen LogP contribution in [0.25, 0.3) is 0 Å². The molecule has 12 heteroatoms. The van der Waals surface area contributed by atoms with Crippen molar-refractivity contribution in [3.8, 4) is 11.8 Å². The quantitative estimate of drug-likeness (QED) is 0.403. The minimum absolute atomic E-state index is 0.170. The zero-order valence-corrected chi connectivity index (χ0v) is 16.2. The molecule has 1 atom stereocenters. The van der Waals surface area contributed by atoms with E-state index in [-0.39, 0.29) is 30.2 Å². The predicted octanol–water partition coefficient (Wildman–Crippen LogP) is 3.79. The van der Waals surface area contributed by atoms with Gasteiger partial charge in [0.05, 0.1) is 6.54 Å². The maximum Gasteiger partial charge on any atom is 0.573 e. The number of carbonyl (C=O) groups excluding carboxylic acids is 1. The van der Waals surface area contributed by atoms with E-state index in [1.165, 1.54) is 22.9 Å². The normalized spacial score (nSPS) is 15.2. The fourth-order valence-corrected chi connectivity index (χ4v) is 2.42. The molecule has 1 unspecified atom stereocenters. The van der Waals surface area contributed by atoms with Crippen LogP contribution >= 0.6 is 0 Å². The summed E-state index contributed by atoms with van der Waals surface area (Å²) >= 11 is 0. The van der Waals surface area contributed by atoms with Crippen molar-refractivity contribution in [3.05, 3.63) is 46.1 Å². The monoisotopic (exact) mass is 431 g/mol. The highest BCUT2D eigenvalue weighted by molar-refractivity contribution is 5.69. The average molecular weight is 431 g/mol. The SMILES string of the molecule is CCCC(=O)OC1COc2nc([N+](=O)[O-])cn2C1.Cc1ccc(OC(F)(F)F)cc1. The lowest BCUT2D eigenvalue weighted by molar-refractivity contribution is -0.389. The van der Waals surface area contributed by atoms with Gasteiger partial charge in [0, 0.05) is 11.4 Å². The summed E-state index contributed by atoms with van der Waals surface area (Å²) in [6, 6.07) is 5.86. The summed E-state index contributed by atoms with van der Waals surface area (Å²) in [6.07, 6.45) is -2.68. The third-order valence-corrected chi connectivity index (χ3v) is 3.72. The molecular weight excluding hydrogens is 411 g/mol. The summed E-state index contributed by atoms with van der Waals surface area (Å²) in [5, 5.41) is 10.6. The number of hydrogen-bond acceptors (Lipinski definition) is 7. The van der Waals surface area contributed by atoms with Gasteiger partial charge in [-0.15, -0.1) is 13.2 Å². The number of benzene rings is 1. The molecule has 1 aromatic carbocycles. The van der Waals surface area contributed by atoms with Gasteiger partial charge in [0.25, 0.3) is 0 Å². The lowest BCUT2D eigenvalue weighted by Gasteiger charge is -2.21. The second-order valence-corrected chi connectivity index (χ2v) is 6.32. The van der Waals surface area contributed by atoms with Crippen LogP contribution in [0.4, 0.5) is 19.0 Å². The van der Waals surface area contributed by atoms with Crippen molar-refractivity contribution in [2.24, 2.45) is 0 Å². The Morgan fingerprint density at radius 3 is 2.60 bits per heavy atom. The molecule has 0 aliphatic carbocycles. The molecular formula is C18H20F3N3O6. The maximum atomic E-state index is 11.6. The minimum Gasteiger partial charge on any atom is -0.457 e. The Bertz CT molecular complexity index is 867. The van der Waals surface area contributed by atoms with E-state index in [1.807, 2.05) is 6.92 Å². The molecule has 0 saturated carbocycles. The number of ether oxygens (including phenoxy) is 3. The second-order valence-electron chi connectivity index (χ2n) is 6.32. The largest absolute Gasteiger partial charge is 0.573 e. The third kappa shape index (κ3) is 7.26. The molecule has 0 spiro atoms. The standard InChI is InChI=1S/C10H13N3O5.C8H7F3O/c1-2-3-9(14)18-7-4-12-5-8(13(15)16)11-10(12)17-6-7;1-6-2-4-7(5-3-6)12-8(9,10)11/h5,7H,2-4,6H2,1H3;2-5H,1H3. The van der Waals surface area contributed by atoms with E-state index < -0.39 is 17.4 Å². The van der Waals surface area contributed by atoms with Crippen LogP contribution in [0.5, 0.6) is 11.8 Å². The van der Waals surface area contributed by atoms with Crippen LogP contribution in [0.1, 0.15) is 25.3 Å². The summed E-state index contributed by atoms with van der Waals surface area (Å²) in [4.78, 5) is 25.0. The number of halogens is 3. The number of hydrogen-bond donors (Lipinski definition) is 0. The molecule has 0 radical (unpaired) electrons. The average Bonchev–Trinajstić information content (AvgIpc) is 3.07. The Kier molecular flexibility index (Phi) is 7.61. The number of rotatable bonds is 5. The molecule has 164 valence electrons. The second kappa shape index (κ2) is 9.94. The van der Waals surface area contributed by atoms with Gasteiger partial charge in [-0.05, 0) is 30.4 Å². The molecule has 0 amide bonds. The molecule has 3 rings (SSSR count). The van der Waals surface area contributed by atoms with Crippen molar-refractivity contribution in [2.45, 2.75) is 45.7 Å². The molecule has 1 aliphatic heterocycles. The van der Waals surface area contributed by atoms with Crippen LogP contribution in [0, 0.1) is 17.0 Å². The van der Waals surface area contributed by atoms with E-state index in [0.717, 1.165) is 5.56 Å². The molecule has 9 nitrogen and oxygen atoms in total. The van der Waals surface area contributed by atoms with Gasteiger partial charge in [-0.3, -0.25) is 9.36 Å². The van der Waals surface area contributed by atoms with Gasteiger partial charge in [-0.1, -0.05) is 24.6 Å². The molecule has 1 aliphatic rings. The maximum absolute atomic E-state index is 11.6. The van der Waals surface area contributed by atoms with Gasteiger partial charge >= 0.3 is 24.2 Å². The molecule has 0 N–H and O–H groups in total. The van der Waals surface area contributed by atoms with Crippen LogP contribution in [0.2, 0.25) is 0 Å². The first kappa shape index (κ1) is 23.0. The van der Waals surface area contributed by atoms with E-state index in [4.69, 9.17) is 9.47 Å². The van der Waals surface area contributed by atoms with Crippen LogP contribution in [-0.4, -0.2) is 39.5 Å². The molecule has 2 aromatic rings. The first-order chi connectivity index (χ1) is 14.1. The summed E-state index contributed by atoms with van der Waals surface area (Å²) in [6.45, 7) is 4.17. The molecule has 2 heterocycles. The zero-order valence-electron chi connectivity index (χ0n) is 16.2. The topological polar surface area (TPSA) is 106 Å². The Morgan fingerprint density at radius 2 is 2.03 bits per heavy atom. The van der Waals surface area contributed by atoms with Crippen molar-refractivity contribution < 1.29 is 37.1 Å². The number of alkyl halides is 3. The summed E-state index contributed by atoms with van der Waals surface area (Å²) in [5.41, 5.74) is 0.893. The first-order valence-corrected chi connectivity index (χ1v) is 8.93. The summed E-state index contributed by atoms with van der Waals surface area (Å²) < 4.78 is 50.4.